The molecule has 0 radical (unpaired) electrons. The van der Waals surface area contributed by atoms with E-state index in [0.29, 0.717) is 13.2 Å². The van der Waals surface area contributed by atoms with Gasteiger partial charge in [-0.3, -0.25) is 0 Å². The van der Waals surface area contributed by atoms with Crippen molar-refractivity contribution in [1.82, 2.24) is 0 Å². The molecular weight excluding hydrogens is 262 g/mol. The van der Waals surface area contributed by atoms with Gasteiger partial charge in [-0.05, 0) is 11.1 Å². The maximum Gasteiger partial charge on any atom is 0.169 e. The first-order chi connectivity index (χ1) is 9.79. The van der Waals surface area contributed by atoms with Crippen LogP contribution in [0.3, 0.4) is 0 Å². The van der Waals surface area contributed by atoms with Gasteiger partial charge >= 0.3 is 0 Å². The van der Waals surface area contributed by atoms with E-state index >= 15 is 0 Å². The lowest BCUT2D eigenvalue weighted by molar-refractivity contribution is -0.195. The fourth-order valence-corrected chi connectivity index (χ4v) is 2.52. The zero-order valence-corrected chi connectivity index (χ0v) is 10.7. The van der Waals surface area contributed by atoms with E-state index < -0.39 is 24.5 Å². The van der Waals surface area contributed by atoms with Crippen molar-refractivity contribution < 1.29 is 19.3 Å². The van der Waals surface area contributed by atoms with Crippen LogP contribution < -0.4 is 0 Å². The van der Waals surface area contributed by atoms with Crippen LogP contribution in [0.5, 0.6) is 0 Å². The van der Waals surface area contributed by atoms with Crippen molar-refractivity contribution in [1.29, 1.82) is 0 Å². The minimum Gasteiger partial charge on any atom is -0.390 e. The Balaban J connectivity index is 1.70. The highest BCUT2D eigenvalue weighted by Gasteiger charge is 2.50. The predicted molar refractivity (Wildman–Crippen MR) is 68.6 cm³/mol. The maximum absolute atomic E-state index is 10.3. The van der Waals surface area contributed by atoms with Gasteiger partial charge in [0.1, 0.15) is 18.2 Å². The van der Waals surface area contributed by atoms with E-state index in [-0.39, 0.29) is 6.10 Å². The van der Waals surface area contributed by atoms with Crippen molar-refractivity contribution in [2.75, 3.05) is 6.61 Å². The molecule has 3 rings (SSSR count). The second-order valence-electron chi connectivity index (χ2n) is 4.82. The summed E-state index contributed by atoms with van der Waals surface area (Å²) in [5, 5.41) is 13.8. The van der Waals surface area contributed by atoms with Crippen LogP contribution in [0.15, 0.2) is 35.4 Å². The zero-order valence-electron chi connectivity index (χ0n) is 10.7. The maximum atomic E-state index is 10.3. The van der Waals surface area contributed by atoms with E-state index in [1.165, 1.54) is 0 Å². The van der Waals surface area contributed by atoms with Crippen LogP contribution in [0.2, 0.25) is 0 Å². The van der Waals surface area contributed by atoms with Crippen LogP contribution in [0.4, 0.5) is 0 Å². The first-order valence-corrected chi connectivity index (χ1v) is 6.44. The highest BCUT2D eigenvalue weighted by molar-refractivity contribution is 5.13. The molecule has 7 heteroatoms. The summed E-state index contributed by atoms with van der Waals surface area (Å²) in [4.78, 5) is 2.73. The third-order valence-electron chi connectivity index (χ3n) is 3.54. The smallest absolute Gasteiger partial charge is 0.169 e. The summed E-state index contributed by atoms with van der Waals surface area (Å²) in [7, 11) is 0. The second kappa shape index (κ2) is 5.78. The summed E-state index contributed by atoms with van der Waals surface area (Å²) in [6.45, 7) is 0.689. The first kappa shape index (κ1) is 13.4. The Hall–Kier alpha value is -1.63. The normalized spacial score (nSPS) is 35.5. The standard InChI is InChI=1S/C13H15N3O4/c14-16-15-10-11(17)12(9-7-19-13(10)20-9)18-6-8-4-2-1-3-5-8/h1-5,9-13,17H,6-7H2/t9-,10+,11-,12-,13-/m0/s1. The third-order valence-corrected chi connectivity index (χ3v) is 3.54. The summed E-state index contributed by atoms with van der Waals surface area (Å²) in [5.74, 6) is 0. The van der Waals surface area contributed by atoms with Crippen molar-refractivity contribution >= 4 is 0 Å². The molecular formula is C13H15N3O4. The van der Waals surface area contributed by atoms with E-state index in [2.05, 4.69) is 10.0 Å². The average Bonchev–Trinajstić information content (AvgIpc) is 2.90. The van der Waals surface area contributed by atoms with Gasteiger partial charge in [-0.1, -0.05) is 35.4 Å². The highest BCUT2D eigenvalue weighted by atomic mass is 16.7. The van der Waals surface area contributed by atoms with Crippen molar-refractivity contribution in [2.24, 2.45) is 5.11 Å². The number of fused-ring (bicyclic) bond motifs is 2. The third kappa shape index (κ3) is 2.49. The first-order valence-electron chi connectivity index (χ1n) is 6.44. The number of azide groups is 1. The number of hydrogen-bond acceptors (Lipinski definition) is 5. The van der Waals surface area contributed by atoms with Crippen LogP contribution in [-0.4, -0.2) is 42.4 Å². The molecule has 7 nitrogen and oxygen atoms in total. The molecule has 2 heterocycles. The molecule has 106 valence electrons. The molecule has 2 saturated heterocycles. The summed E-state index contributed by atoms with van der Waals surface area (Å²) >= 11 is 0. The molecule has 0 amide bonds. The number of ether oxygens (including phenoxy) is 3. The Morgan fingerprint density at radius 2 is 2.20 bits per heavy atom. The number of nitrogens with zero attached hydrogens (tertiary/aromatic N) is 3. The predicted octanol–water partition coefficient (Wildman–Crippen LogP) is 1.37. The van der Waals surface area contributed by atoms with Crippen molar-refractivity contribution in [3.05, 3.63) is 46.3 Å². The molecule has 0 saturated carbocycles. The Morgan fingerprint density at radius 1 is 1.40 bits per heavy atom. The van der Waals surface area contributed by atoms with Gasteiger partial charge in [-0.25, -0.2) is 0 Å². The van der Waals surface area contributed by atoms with Gasteiger partial charge in [-0.15, -0.1) is 0 Å². The highest BCUT2D eigenvalue weighted by Crippen LogP contribution is 2.32. The number of hydrogen-bond donors (Lipinski definition) is 1. The lowest BCUT2D eigenvalue weighted by Crippen LogP contribution is -2.53. The fourth-order valence-electron chi connectivity index (χ4n) is 2.52. The van der Waals surface area contributed by atoms with Crippen LogP contribution in [0.1, 0.15) is 5.56 Å². The van der Waals surface area contributed by atoms with Gasteiger partial charge in [-0.2, -0.15) is 0 Å². The van der Waals surface area contributed by atoms with Crippen LogP contribution in [0.25, 0.3) is 10.4 Å². The van der Waals surface area contributed by atoms with Gasteiger partial charge in [0.25, 0.3) is 0 Å². The molecule has 0 unspecified atom stereocenters. The Kier molecular flexibility index (Phi) is 3.86. The summed E-state index contributed by atoms with van der Waals surface area (Å²) < 4.78 is 16.7. The molecule has 20 heavy (non-hydrogen) atoms. The summed E-state index contributed by atoms with van der Waals surface area (Å²) in [5.41, 5.74) is 9.55. The Morgan fingerprint density at radius 3 is 2.95 bits per heavy atom. The lowest BCUT2D eigenvalue weighted by Gasteiger charge is -2.35. The van der Waals surface area contributed by atoms with E-state index in [1.807, 2.05) is 30.3 Å². The lowest BCUT2D eigenvalue weighted by atomic mass is 9.99. The molecule has 1 aromatic carbocycles. The summed E-state index contributed by atoms with van der Waals surface area (Å²) in [6, 6.07) is 8.87. The van der Waals surface area contributed by atoms with Crippen molar-refractivity contribution in [3.8, 4) is 0 Å². The van der Waals surface area contributed by atoms with Gasteiger partial charge in [0.15, 0.2) is 6.29 Å². The SMILES string of the molecule is [N-]=[N+]=N[C@H]1[C@H]2OC[C@H](O2)[C@H](OCc2ccccc2)[C@H]1O. The zero-order chi connectivity index (χ0) is 13.9. The molecule has 1 N–H and O–H groups in total. The topological polar surface area (TPSA) is 96.7 Å². The largest absolute Gasteiger partial charge is 0.390 e. The second-order valence-corrected chi connectivity index (χ2v) is 4.82. The number of aliphatic hydroxyl groups excluding tert-OH is 1. The van der Waals surface area contributed by atoms with E-state index in [0.717, 1.165) is 5.56 Å². The molecule has 0 aliphatic carbocycles. The minimum atomic E-state index is -0.930. The van der Waals surface area contributed by atoms with Gasteiger partial charge in [0.05, 0.1) is 19.3 Å². The van der Waals surface area contributed by atoms with Crippen LogP contribution >= 0.6 is 0 Å². The quantitative estimate of drug-likeness (QED) is 0.510. The fraction of sp³-hybridized carbons (Fsp3) is 0.538. The van der Waals surface area contributed by atoms with Crippen LogP contribution in [-0.2, 0) is 20.8 Å². The molecule has 2 fully saturated rings. The molecule has 1 aromatic rings. The van der Waals surface area contributed by atoms with E-state index in [9.17, 15) is 5.11 Å². The molecule has 0 spiro atoms. The van der Waals surface area contributed by atoms with Crippen molar-refractivity contribution in [3.63, 3.8) is 0 Å². The monoisotopic (exact) mass is 277 g/mol. The molecule has 0 aromatic heterocycles. The molecule has 2 aliphatic heterocycles. The molecule has 2 bridgehead atoms. The van der Waals surface area contributed by atoms with Crippen LogP contribution in [0, 0.1) is 0 Å². The number of aliphatic hydroxyl groups is 1. The summed E-state index contributed by atoms with van der Waals surface area (Å²) in [6.07, 6.45) is -2.50. The minimum absolute atomic E-state index is 0.330. The number of rotatable bonds is 4. The Bertz CT molecular complexity index is 506. The molecule has 5 atom stereocenters. The molecule has 2 aliphatic rings. The van der Waals surface area contributed by atoms with Crippen molar-refractivity contribution in [2.45, 2.75) is 37.3 Å². The van der Waals surface area contributed by atoms with Gasteiger partial charge < -0.3 is 19.3 Å². The number of benzene rings is 1. The van der Waals surface area contributed by atoms with E-state index in [1.54, 1.807) is 0 Å². The van der Waals surface area contributed by atoms with Gasteiger partial charge in [0, 0.05) is 4.91 Å². The Labute approximate surface area is 115 Å². The van der Waals surface area contributed by atoms with E-state index in [4.69, 9.17) is 19.7 Å². The average molecular weight is 277 g/mol. The van der Waals surface area contributed by atoms with Gasteiger partial charge in [0.2, 0.25) is 0 Å².